The molecule has 0 spiro atoms. The number of methoxy groups -OCH3 is 3. The Morgan fingerprint density at radius 2 is 1.74 bits per heavy atom. The maximum absolute atomic E-state index is 12.6. The van der Waals surface area contributed by atoms with E-state index >= 15 is 0 Å². The Kier molecular flexibility index (Phi) is 7.17. The fraction of sp³-hybridized carbons (Fsp3) is 0.192. The molecule has 35 heavy (non-hydrogen) atoms. The number of nitrogens with zero attached hydrogens (tertiary/aromatic N) is 2. The van der Waals surface area contributed by atoms with Gasteiger partial charge in [-0.15, -0.1) is 11.3 Å². The highest BCUT2D eigenvalue weighted by Gasteiger charge is 2.21. The largest absolute Gasteiger partial charge is 0.497 e. The van der Waals surface area contributed by atoms with E-state index in [4.69, 9.17) is 18.7 Å². The SMILES string of the molecule is COc1ccc(-c2csc(NC(=O)C=Cc3ccc(-c4c(C)noc4C)c(OC)c3OC)n2)cc1. The summed E-state index contributed by atoms with van der Waals surface area (Å²) in [5, 5.41) is 9.22. The first-order valence-electron chi connectivity index (χ1n) is 10.7. The number of anilines is 1. The lowest BCUT2D eigenvalue weighted by Gasteiger charge is -2.15. The molecule has 4 rings (SSSR count). The van der Waals surface area contributed by atoms with Gasteiger partial charge in [0.05, 0.1) is 38.3 Å². The Morgan fingerprint density at radius 3 is 2.37 bits per heavy atom. The highest BCUT2D eigenvalue weighted by atomic mass is 32.1. The van der Waals surface area contributed by atoms with Crippen molar-refractivity contribution in [3.63, 3.8) is 0 Å². The number of aromatic nitrogens is 2. The van der Waals surface area contributed by atoms with Gasteiger partial charge in [-0.05, 0) is 50.3 Å². The van der Waals surface area contributed by atoms with Gasteiger partial charge in [-0.25, -0.2) is 4.98 Å². The van der Waals surface area contributed by atoms with Crippen LogP contribution in [0.3, 0.4) is 0 Å². The van der Waals surface area contributed by atoms with Crippen LogP contribution in [0.4, 0.5) is 5.13 Å². The zero-order valence-corrected chi connectivity index (χ0v) is 20.9. The molecule has 0 saturated heterocycles. The normalized spacial score (nSPS) is 11.0. The molecule has 0 aliphatic rings. The number of hydrogen-bond donors (Lipinski definition) is 1. The van der Waals surface area contributed by atoms with Crippen LogP contribution >= 0.6 is 11.3 Å². The van der Waals surface area contributed by atoms with Crippen molar-refractivity contribution in [2.45, 2.75) is 13.8 Å². The molecule has 4 aromatic rings. The number of rotatable bonds is 8. The molecule has 0 unspecified atom stereocenters. The molecule has 1 amide bonds. The molecule has 2 aromatic carbocycles. The van der Waals surface area contributed by atoms with Gasteiger partial charge in [-0.2, -0.15) is 0 Å². The minimum absolute atomic E-state index is 0.309. The molecule has 0 atom stereocenters. The average Bonchev–Trinajstić information content (AvgIpc) is 3.47. The summed E-state index contributed by atoms with van der Waals surface area (Å²) < 4.78 is 21.8. The average molecular weight is 492 g/mol. The molecular weight excluding hydrogens is 466 g/mol. The van der Waals surface area contributed by atoms with Crippen LogP contribution in [0.1, 0.15) is 17.0 Å². The second kappa shape index (κ2) is 10.4. The van der Waals surface area contributed by atoms with E-state index in [0.717, 1.165) is 33.8 Å². The molecule has 180 valence electrons. The van der Waals surface area contributed by atoms with Crippen molar-refractivity contribution in [1.29, 1.82) is 0 Å². The van der Waals surface area contributed by atoms with Crippen molar-refractivity contribution in [2.75, 3.05) is 26.6 Å². The third kappa shape index (κ3) is 5.04. The second-order valence-electron chi connectivity index (χ2n) is 7.56. The summed E-state index contributed by atoms with van der Waals surface area (Å²) in [5.74, 6) is 2.19. The van der Waals surface area contributed by atoms with E-state index in [2.05, 4.69) is 15.5 Å². The van der Waals surface area contributed by atoms with Crippen molar-refractivity contribution in [3.8, 4) is 39.6 Å². The summed E-state index contributed by atoms with van der Waals surface area (Å²) >= 11 is 1.35. The third-order valence-electron chi connectivity index (χ3n) is 5.39. The van der Waals surface area contributed by atoms with Gasteiger partial charge in [0, 0.05) is 28.1 Å². The molecule has 0 aliphatic carbocycles. The molecular formula is C26H25N3O5S. The summed E-state index contributed by atoms with van der Waals surface area (Å²) in [5.41, 5.74) is 4.81. The molecule has 0 saturated carbocycles. The van der Waals surface area contributed by atoms with Crippen LogP contribution in [-0.4, -0.2) is 37.4 Å². The van der Waals surface area contributed by atoms with E-state index in [1.807, 2.05) is 55.6 Å². The third-order valence-corrected chi connectivity index (χ3v) is 6.15. The molecule has 8 nitrogen and oxygen atoms in total. The number of carbonyl (C=O) groups is 1. The Morgan fingerprint density at radius 1 is 1.00 bits per heavy atom. The van der Waals surface area contributed by atoms with Crippen molar-refractivity contribution < 1.29 is 23.5 Å². The molecule has 0 aliphatic heterocycles. The maximum atomic E-state index is 12.6. The van der Waals surface area contributed by atoms with Gasteiger partial charge in [-0.3, -0.25) is 10.1 Å². The number of hydrogen-bond acceptors (Lipinski definition) is 8. The molecule has 2 aromatic heterocycles. The van der Waals surface area contributed by atoms with E-state index in [-0.39, 0.29) is 5.91 Å². The lowest BCUT2D eigenvalue weighted by molar-refractivity contribution is -0.111. The highest BCUT2D eigenvalue weighted by Crippen LogP contribution is 2.43. The number of aryl methyl sites for hydroxylation is 2. The van der Waals surface area contributed by atoms with Crippen LogP contribution in [0.15, 0.2) is 52.4 Å². The summed E-state index contributed by atoms with van der Waals surface area (Å²) in [6, 6.07) is 11.3. The van der Waals surface area contributed by atoms with Crippen molar-refractivity contribution in [2.24, 2.45) is 0 Å². The van der Waals surface area contributed by atoms with E-state index in [0.29, 0.717) is 28.0 Å². The number of nitrogens with one attached hydrogen (secondary N) is 1. The van der Waals surface area contributed by atoms with Crippen LogP contribution in [0.5, 0.6) is 17.2 Å². The highest BCUT2D eigenvalue weighted by molar-refractivity contribution is 7.14. The topological polar surface area (TPSA) is 95.7 Å². The number of carbonyl (C=O) groups excluding carboxylic acids is 1. The van der Waals surface area contributed by atoms with E-state index < -0.39 is 0 Å². The standard InChI is InChI=1S/C26H25N3O5S/c1-15-23(16(2)34-29-15)20-12-8-18(24(32-4)25(20)33-5)9-13-22(30)28-26-27-21(14-35-26)17-6-10-19(31-3)11-7-17/h6-14H,1-5H3,(H,27,28,30). The predicted octanol–water partition coefficient (Wildman–Crippen LogP) is 5.76. The first kappa shape index (κ1) is 24.0. The van der Waals surface area contributed by atoms with Crippen LogP contribution in [0, 0.1) is 13.8 Å². The van der Waals surface area contributed by atoms with Crippen LogP contribution in [-0.2, 0) is 4.79 Å². The van der Waals surface area contributed by atoms with Crippen LogP contribution in [0.25, 0.3) is 28.5 Å². The number of thiazole rings is 1. The fourth-order valence-electron chi connectivity index (χ4n) is 3.72. The summed E-state index contributed by atoms with van der Waals surface area (Å²) in [7, 11) is 4.75. The molecule has 9 heteroatoms. The van der Waals surface area contributed by atoms with Crippen molar-refractivity contribution in [1.82, 2.24) is 10.1 Å². The minimum Gasteiger partial charge on any atom is -0.497 e. The Hall–Kier alpha value is -4.11. The number of benzene rings is 2. The predicted molar refractivity (Wildman–Crippen MR) is 136 cm³/mol. The van der Waals surface area contributed by atoms with Crippen LogP contribution in [0.2, 0.25) is 0 Å². The minimum atomic E-state index is -0.309. The molecule has 0 radical (unpaired) electrons. The zero-order valence-electron chi connectivity index (χ0n) is 20.0. The van der Waals surface area contributed by atoms with E-state index in [1.165, 1.54) is 17.4 Å². The lowest BCUT2D eigenvalue weighted by atomic mass is 10.00. The van der Waals surface area contributed by atoms with Gasteiger partial charge >= 0.3 is 0 Å². The van der Waals surface area contributed by atoms with Crippen LogP contribution < -0.4 is 19.5 Å². The summed E-state index contributed by atoms with van der Waals surface area (Å²) in [6.45, 7) is 3.71. The lowest BCUT2D eigenvalue weighted by Crippen LogP contribution is -2.07. The van der Waals surface area contributed by atoms with E-state index in [9.17, 15) is 4.79 Å². The molecule has 0 fully saturated rings. The van der Waals surface area contributed by atoms with Crippen molar-refractivity contribution >= 4 is 28.5 Å². The van der Waals surface area contributed by atoms with E-state index in [1.54, 1.807) is 27.4 Å². The monoisotopic (exact) mass is 491 g/mol. The molecule has 1 N–H and O–H groups in total. The Labute approximate surface area is 207 Å². The Balaban J connectivity index is 1.52. The van der Waals surface area contributed by atoms with Gasteiger partial charge in [0.1, 0.15) is 11.5 Å². The summed E-state index contributed by atoms with van der Waals surface area (Å²) in [6.07, 6.45) is 3.10. The first-order valence-corrected chi connectivity index (χ1v) is 11.6. The van der Waals surface area contributed by atoms with Gasteiger partial charge in [0.2, 0.25) is 5.91 Å². The number of amides is 1. The Bertz CT molecular complexity index is 1350. The van der Waals surface area contributed by atoms with Gasteiger partial charge in [0.25, 0.3) is 0 Å². The first-order chi connectivity index (χ1) is 16.9. The fourth-order valence-corrected chi connectivity index (χ4v) is 4.45. The van der Waals surface area contributed by atoms with Crippen molar-refractivity contribution in [3.05, 3.63) is 64.9 Å². The second-order valence-corrected chi connectivity index (χ2v) is 8.42. The van der Waals surface area contributed by atoms with Gasteiger partial charge in [0.15, 0.2) is 16.6 Å². The number of ether oxygens (including phenoxy) is 3. The zero-order chi connectivity index (χ0) is 24.9. The maximum Gasteiger partial charge on any atom is 0.250 e. The molecule has 2 heterocycles. The summed E-state index contributed by atoms with van der Waals surface area (Å²) in [4.78, 5) is 17.1. The van der Waals surface area contributed by atoms with Gasteiger partial charge < -0.3 is 18.7 Å². The smallest absolute Gasteiger partial charge is 0.250 e. The van der Waals surface area contributed by atoms with Gasteiger partial charge in [-0.1, -0.05) is 11.2 Å². The quantitative estimate of drug-likeness (QED) is 0.313. The molecule has 0 bridgehead atoms.